The van der Waals surface area contributed by atoms with Gasteiger partial charge in [-0.1, -0.05) is 18.2 Å². The number of aromatic amines is 1. The molecule has 0 spiro atoms. The molecule has 0 saturated heterocycles. The van der Waals surface area contributed by atoms with Crippen LogP contribution in [0.2, 0.25) is 0 Å². The molecule has 2 aromatic rings. The van der Waals surface area contributed by atoms with E-state index in [1.165, 1.54) is 12.3 Å². The van der Waals surface area contributed by atoms with Crippen molar-refractivity contribution < 1.29 is 13.2 Å². The topological polar surface area (TPSA) is 84.1 Å². The molecule has 1 aromatic heterocycles. The normalized spacial score (nSPS) is 18.0. The summed E-state index contributed by atoms with van der Waals surface area (Å²) in [6.07, 6.45) is 1.94. The summed E-state index contributed by atoms with van der Waals surface area (Å²) >= 11 is 0. The van der Waals surface area contributed by atoms with Crippen LogP contribution >= 0.6 is 0 Å². The average Bonchev–Trinajstić information content (AvgIpc) is 3.05. The molecular weight excluding hydrogens is 266 g/mol. The van der Waals surface area contributed by atoms with Crippen LogP contribution in [0, 0.1) is 0 Å². The quantitative estimate of drug-likeness (QED) is 0.862. The Bertz CT molecular complexity index is 642. The second-order valence-electron chi connectivity index (χ2n) is 4.32. The SMILES string of the molecule is O=S(=O)(NCC1Cc2ccccc2O1)c1ccn[nH]1. The first-order valence-electron chi connectivity index (χ1n) is 5.89. The number of aromatic nitrogens is 2. The summed E-state index contributed by atoms with van der Waals surface area (Å²) in [5.74, 6) is 0.827. The molecule has 1 aliphatic rings. The fourth-order valence-corrected chi connectivity index (χ4v) is 3.01. The zero-order valence-corrected chi connectivity index (χ0v) is 10.9. The molecule has 1 atom stereocenters. The molecular formula is C12H13N3O3S. The minimum atomic E-state index is -3.54. The lowest BCUT2D eigenvalue weighted by atomic mass is 10.1. The van der Waals surface area contributed by atoms with Crippen molar-refractivity contribution in [2.45, 2.75) is 17.6 Å². The Hall–Kier alpha value is -1.86. The third-order valence-electron chi connectivity index (χ3n) is 2.98. The molecule has 6 nitrogen and oxygen atoms in total. The Kier molecular flexibility index (Phi) is 3.00. The van der Waals surface area contributed by atoms with E-state index in [9.17, 15) is 8.42 Å². The van der Waals surface area contributed by atoms with Gasteiger partial charge in [0, 0.05) is 13.0 Å². The lowest BCUT2D eigenvalue weighted by Gasteiger charge is -2.11. The van der Waals surface area contributed by atoms with Gasteiger partial charge in [0.25, 0.3) is 10.0 Å². The second-order valence-corrected chi connectivity index (χ2v) is 6.06. The Morgan fingerprint density at radius 3 is 2.95 bits per heavy atom. The molecule has 2 heterocycles. The van der Waals surface area contributed by atoms with Gasteiger partial charge in [0.1, 0.15) is 11.9 Å². The van der Waals surface area contributed by atoms with Gasteiger partial charge in [-0.2, -0.15) is 5.10 Å². The van der Waals surface area contributed by atoms with Crippen molar-refractivity contribution in [1.82, 2.24) is 14.9 Å². The third kappa shape index (κ3) is 2.47. The zero-order valence-electron chi connectivity index (χ0n) is 10.0. The number of nitrogens with zero attached hydrogens (tertiary/aromatic N) is 1. The van der Waals surface area contributed by atoms with E-state index in [2.05, 4.69) is 14.9 Å². The molecule has 1 unspecified atom stereocenters. The van der Waals surface area contributed by atoms with Crippen LogP contribution in [0.5, 0.6) is 5.75 Å². The van der Waals surface area contributed by atoms with E-state index in [-0.39, 0.29) is 17.7 Å². The summed E-state index contributed by atoms with van der Waals surface area (Å²) in [5, 5.41) is 6.11. The van der Waals surface area contributed by atoms with Crippen molar-refractivity contribution in [3.8, 4) is 5.75 Å². The first-order valence-corrected chi connectivity index (χ1v) is 7.37. The van der Waals surface area contributed by atoms with Crippen LogP contribution in [0.15, 0.2) is 41.6 Å². The molecule has 0 radical (unpaired) electrons. The van der Waals surface area contributed by atoms with Gasteiger partial charge in [-0.3, -0.25) is 5.10 Å². The molecule has 1 aliphatic heterocycles. The van der Waals surface area contributed by atoms with Gasteiger partial charge in [0.2, 0.25) is 0 Å². The summed E-state index contributed by atoms with van der Waals surface area (Å²) in [6, 6.07) is 9.12. The predicted octanol–water partition coefficient (Wildman–Crippen LogP) is 0.692. The number of benzene rings is 1. The molecule has 3 rings (SSSR count). The van der Waals surface area contributed by atoms with Gasteiger partial charge in [-0.15, -0.1) is 0 Å². The summed E-state index contributed by atoms with van der Waals surface area (Å²) < 4.78 is 32.0. The summed E-state index contributed by atoms with van der Waals surface area (Å²) in [4.78, 5) is 0. The molecule has 1 aromatic carbocycles. The van der Waals surface area contributed by atoms with Gasteiger partial charge in [-0.05, 0) is 17.7 Å². The van der Waals surface area contributed by atoms with Crippen LogP contribution in [0.4, 0.5) is 0 Å². The fourth-order valence-electron chi connectivity index (χ4n) is 2.04. The second kappa shape index (κ2) is 4.67. The molecule has 0 aliphatic carbocycles. The van der Waals surface area contributed by atoms with E-state index in [1.807, 2.05) is 24.3 Å². The summed E-state index contributed by atoms with van der Waals surface area (Å²) in [7, 11) is -3.54. The molecule has 7 heteroatoms. The number of H-pyrrole nitrogens is 1. The maximum Gasteiger partial charge on any atom is 0.257 e. The van der Waals surface area contributed by atoms with Crippen molar-refractivity contribution in [3.05, 3.63) is 42.1 Å². The molecule has 2 N–H and O–H groups in total. The van der Waals surface area contributed by atoms with Crippen LogP contribution in [-0.2, 0) is 16.4 Å². The number of sulfonamides is 1. The van der Waals surface area contributed by atoms with Crippen LogP contribution in [0.1, 0.15) is 5.56 Å². The molecule has 0 bridgehead atoms. The molecule has 0 amide bonds. The average molecular weight is 279 g/mol. The Balaban J connectivity index is 1.63. The van der Waals surface area contributed by atoms with Crippen molar-refractivity contribution in [3.63, 3.8) is 0 Å². The first-order chi connectivity index (χ1) is 9.15. The lowest BCUT2D eigenvalue weighted by molar-refractivity contribution is 0.236. The third-order valence-corrected chi connectivity index (χ3v) is 4.33. The van der Waals surface area contributed by atoms with Crippen molar-refractivity contribution >= 4 is 10.0 Å². The van der Waals surface area contributed by atoms with E-state index in [0.717, 1.165) is 11.3 Å². The molecule has 0 saturated carbocycles. The molecule has 100 valence electrons. The summed E-state index contributed by atoms with van der Waals surface area (Å²) in [6.45, 7) is 0.232. The van der Waals surface area contributed by atoms with Crippen LogP contribution in [0.3, 0.4) is 0 Å². The minimum Gasteiger partial charge on any atom is -0.488 e. The van der Waals surface area contributed by atoms with Crippen molar-refractivity contribution in [1.29, 1.82) is 0 Å². The lowest BCUT2D eigenvalue weighted by Crippen LogP contribution is -2.34. The standard InChI is InChI=1S/C12H13N3O3S/c16-19(17,12-5-6-13-15-12)14-8-10-7-9-3-1-2-4-11(9)18-10/h1-6,10,14H,7-8H2,(H,13,15). The number of nitrogens with one attached hydrogen (secondary N) is 2. The zero-order chi connectivity index (χ0) is 13.3. The molecule has 0 fully saturated rings. The number of hydrogen-bond acceptors (Lipinski definition) is 4. The smallest absolute Gasteiger partial charge is 0.257 e. The largest absolute Gasteiger partial charge is 0.488 e. The molecule has 19 heavy (non-hydrogen) atoms. The van der Waals surface area contributed by atoms with Gasteiger partial charge in [-0.25, -0.2) is 13.1 Å². The first kappa shape index (κ1) is 12.2. The maximum absolute atomic E-state index is 11.9. The van der Waals surface area contributed by atoms with Crippen LogP contribution in [0.25, 0.3) is 0 Å². The van der Waals surface area contributed by atoms with Gasteiger partial charge in [0.05, 0.1) is 6.20 Å². The maximum atomic E-state index is 11.9. The Morgan fingerprint density at radius 2 is 2.21 bits per heavy atom. The van der Waals surface area contributed by atoms with Gasteiger partial charge < -0.3 is 4.74 Å². The van der Waals surface area contributed by atoms with Crippen LogP contribution < -0.4 is 9.46 Å². The minimum absolute atomic E-state index is 0.0583. The number of para-hydroxylation sites is 1. The van der Waals surface area contributed by atoms with E-state index in [4.69, 9.17) is 4.74 Å². The number of rotatable bonds is 4. The van der Waals surface area contributed by atoms with E-state index in [0.29, 0.717) is 6.42 Å². The van der Waals surface area contributed by atoms with E-state index < -0.39 is 10.0 Å². The summed E-state index contributed by atoms with van der Waals surface area (Å²) in [5.41, 5.74) is 1.10. The van der Waals surface area contributed by atoms with Gasteiger partial charge >= 0.3 is 0 Å². The van der Waals surface area contributed by atoms with Crippen LogP contribution in [-0.4, -0.2) is 31.3 Å². The van der Waals surface area contributed by atoms with E-state index in [1.54, 1.807) is 0 Å². The highest BCUT2D eigenvalue weighted by atomic mass is 32.2. The van der Waals surface area contributed by atoms with E-state index >= 15 is 0 Å². The fraction of sp³-hybridized carbons (Fsp3) is 0.250. The Morgan fingerprint density at radius 1 is 1.37 bits per heavy atom. The monoisotopic (exact) mass is 279 g/mol. The highest BCUT2D eigenvalue weighted by molar-refractivity contribution is 7.89. The van der Waals surface area contributed by atoms with Crippen molar-refractivity contribution in [2.75, 3.05) is 6.54 Å². The predicted molar refractivity (Wildman–Crippen MR) is 68.3 cm³/mol. The number of hydrogen-bond donors (Lipinski definition) is 2. The highest BCUT2D eigenvalue weighted by Crippen LogP contribution is 2.27. The number of ether oxygens (including phenoxy) is 1. The number of fused-ring (bicyclic) bond motifs is 1. The van der Waals surface area contributed by atoms with Gasteiger partial charge in [0.15, 0.2) is 5.03 Å². The Labute approximate surface area is 110 Å². The van der Waals surface area contributed by atoms with Crippen molar-refractivity contribution in [2.24, 2.45) is 0 Å². The highest BCUT2D eigenvalue weighted by Gasteiger charge is 2.24.